The fraction of sp³-hybridized carbons (Fsp3) is 0.650. The monoisotopic (exact) mass is 386 g/mol. The van der Waals surface area contributed by atoms with Gasteiger partial charge < -0.3 is 9.80 Å². The Morgan fingerprint density at radius 1 is 0.760 bits per heavy atom. The van der Waals surface area contributed by atoms with Gasteiger partial charge in [0.2, 0.25) is 0 Å². The number of piperidine rings is 2. The predicted octanol–water partition coefficient (Wildman–Crippen LogP) is 4.30. The van der Waals surface area contributed by atoms with Crippen LogP contribution in [0.1, 0.15) is 48.9 Å². The van der Waals surface area contributed by atoms with E-state index in [0.717, 1.165) is 18.7 Å². The maximum atomic E-state index is 13.0. The Morgan fingerprint density at radius 3 is 1.64 bits per heavy atom. The van der Waals surface area contributed by atoms with Crippen LogP contribution in [0.25, 0.3) is 0 Å². The molecule has 0 spiro atoms. The molecule has 2 aliphatic rings. The Bertz CT molecular complexity index is 466. The molecular weight excluding hydrogens is 355 g/mol. The summed E-state index contributed by atoms with van der Waals surface area (Å²) < 4.78 is 0. The van der Waals surface area contributed by atoms with Crippen LogP contribution in [-0.4, -0.2) is 54.9 Å². The Balaban J connectivity index is 0.00000156. The Labute approximate surface area is 165 Å². The molecule has 0 bridgehead atoms. The van der Waals surface area contributed by atoms with Gasteiger partial charge in [-0.15, -0.1) is 24.8 Å². The average Bonchev–Trinajstić information content (AvgIpc) is 2.63. The van der Waals surface area contributed by atoms with Crippen molar-refractivity contribution in [1.82, 2.24) is 9.80 Å². The van der Waals surface area contributed by atoms with Gasteiger partial charge in [-0.2, -0.15) is 0 Å². The molecule has 25 heavy (non-hydrogen) atoms. The molecule has 3 nitrogen and oxygen atoms in total. The van der Waals surface area contributed by atoms with Crippen LogP contribution in [0, 0.1) is 5.92 Å². The molecule has 2 heterocycles. The lowest BCUT2D eigenvalue weighted by atomic mass is 9.94. The zero-order chi connectivity index (χ0) is 15.9. The zero-order valence-corrected chi connectivity index (χ0v) is 16.7. The van der Waals surface area contributed by atoms with Crippen molar-refractivity contribution >= 4 is 30.6 Å². The van der Waals surface area contributed by atoms with Crippen molar-refractivity contribution in [2.24, 2.45) is 5.92 Å². The van der Waals surface area contributed by atoms with Crippen LogP contribution in [0.15, 0.2) is 30.3 Å². The lowest BCUT2D eigenvalue weighted by Crippen LogP contribution is -2.43. The molecular formula is C20H32Cl2N2O. The van der Waals surface area contributed by atoms with E-state index in [1.54, 1.807) is 0 Å². The van der Waals surface area contributed by atoms with Gasteiger partial charge in [0.1, 0.15) is 0 Å². The van der Waals surface area contributed by atoms with E-state index in [2.05, 4.69) is 9.80 Å². The highest BCUT2D eigenvalue weighted by Crippen LogP contribution is 2.18. The third-order valence-electron chi connectivity index (χ3n) is 5.28. The minimum Gasteiger partial charge on any atom is -0.303 e. The van der Waals surface area contributed by atoms with Crippen LogP contribution in [0.3, 0.4) is 0 Å². The number of carbonyl (C=O) groups is 1. The van der Waals surface area contributed by atoms with E-state index < -0.39 is 0 Å². The first-order valence-corrected chi connectivity index (χ1v) is 9.37. The molecule has 1 aromatic carbocycles. The second-order valence-electron chi connectivity index (χ2n) is 7.15. The largest absolute Gasteiger partial charge is 0.303 e. The summed E-state index contributed by atoms with van der Waals surface area (Å²) in [6.45, 7) is 6.53. The van der Waals surface area contributed by atoms with Gasteiger partial charge in [-0.1, -0.05) is 43.2 Å². The van der Waals surface area contributed by atoms with Crippen molar-refractivity contribution in [3.05, 3.63) is 35.9 Å². The van der Waals surface area contributed by atoms with Crippen molar-refractivity contribution in [2.45, 2.75) is 38.5 Å². The summed E-state index contributed by atoms with van der Waals surface area (Å²) in [7, 11) is 0. The van der Waals surface area contributed by atoms with Crippen molar-refractivity contribution in [3.8, 4) is 0 Å². The second-order valence-corrected chi connectivity index (χ2v) is 7.15. The van der Waals surface area contributed by atoms with Gasteiger partial charge in [-0.3, -0.25) is 4.79 Å². The molecule has 0 radical (unpaired) electrons. The maximum absolute atomic E-state index is 13.0. The highest BCUT2D eigenvalue weighted by Gasteiger charge is 2.26. The molecule has 2 fully saturated rings. The van der Waals surface area contributed by atoms with E-state index in [0.29, 0.717) is 5.78 Å². The van der Waals surface area contributed by atoms with Gasteiger partial charge in [0.15, 0.2) is 5.78 Å². The molecule has 2 aliphatic heterocycles. The van der Waals surface area contributed by atoms with Gasteiger partial charge in [-0.05, 0) is 51.9 Å². The normalized spacial score (nSPS) is 19.1. The molecule has 0 N–H and O–H groups in total. The van der Waals surface area contributed by atoms with Crippen LogP contribution < -0.4 is 0 Å². The summed E-state index contributed by atoms with van der Waals surface area (Å²) in [6, 6.07) is 9.89. The number of likely N-dealkylation sites (tertiary alicyclic amines) is 2. The van der Waals surface area contributed by atoms with Gasteiger partial charge in [0.05, 0.1) is 0 Å². The first-order valence-electron chi connectivity index (χ1n) is 9.37. The number of hydrogen-bond donors (Lipinski definition) is 0. The molecule has 0 aliphatic carbocycles. The van der Waals surface area contributed by atoms with Crippen molar-refractivity contribution < 1.29 is 4.79 Å². The van der Waals surface area contributed by atoms with Crippen LogP contribution in [0.2, 0.25) is 0 Å². The first kappa shape index (κ1) is 22.4. The molecule has 1 aromatic rings. The van der Waals surface area contributed by atoms with E-state index in [4.69, 9.17) is 0 Å². The van der Waals surface area contributed by atoms with Crippen molar-refractivity contribution in [2.75, 3.05) is 39.3 Å². The molecule has 0 saturated carbocycles. The summed E-state index contributed by atoms with van der Waals surface area (Å²) in [5.41, 5.74) is 0.881. The quantitative estimate of drug-likeness (QED) is 0.680. The molecule has 5 heteroatoms. The predicted molar refractivity (Wildman–Crippen MR) is 109 cm³/mol. The molecule has 0 aromatic heterocycles. The number of Topliss-reactive ketones (excluding diaryl/α,β-unsaturated/α-hetero) is 1. The number of nitrogens with zero attached hydrogens (tertiary/aromatic N) is 2. The Morgan fingerprint density at radius 2 is 1.20 bits per heavy atom. The minimum absolute atomic E-state index is 0. The topological polar surface area (TPSA) is 23.6 Å². The Hall–Kier alpha value is -0.610. The van der Waals surface area contributed by atoms with Gasteiger partial charge >= 0.3 is 0 Å². The average molecular weight is 387 g/mol. The lowest BCUT2D eigenvalue weighted by Gasteiger charge is -2.34. The summed E-state index contributed by atoms with van der Waals surface area (Å²) >= 11 is 0. The molecule has 2 saturated heterocycles. The SMILES string of the molecule is Cl.Cl.O=C(c1ccccc1)C(CN1CCCCC1)CN1CCCCC1. The van der Waals surface area contributed by atoms with Crippen LogP contribution in [0.4, 0.5) is 0 Å². The van der Waals surface area contributed by atoms with Gasteiger partial charge in [-0.25, -0.2) is 0 Å². The molecule has 3 rings (SSSR count). The highest BCUT2D eigenvalue weighted by molar-refractivity contribution is 5.98. The standard InChI is InChI=1S/C20H30N2O.2ClH/c23-20(18-10-4-1-5-11-18)19(16-21-12-6-2-7-13-21)17-22-14-8-3-9-15-22;;/h1,4-5,10-11,19H,2-3,6-9,12-17H2;2*1H. The fourth-order valence-corrected chi connectivity index (χ4v) is 3.97. The summed E-state index contributed by atoms with van der Waals surface area (Å²) in [5.74, 6) is 0.454. The van der Waals surface area contributed by atoms with E-state index >= 15 is 0 Å². The van der Waals surface area contributed by atoms with Crippen molar-refractivity contribution in [1.29, 1.82) is 0 Å². The molecule has 0 amide bonds. The molecule has 0 unspecified atom stereocenters. The third-order valence-corrected chi connectivity index (χ3v) is 5.28. The maximum Gasteiger partial charge on any atom is 0.168 e. The number of halogens is 2. The Kier molecular flexibility index (Phi) is 10.7. The van der Waals surface area contributed by atoms with Crippen LogP contribution in [0.5, 0.6) is 0 Å². The van der Waals surface area contributed by atoms with E-state index in [-0.39, 0.29) is 30.7 Å². The number of hydrogen-bond acceptors (Lipinski definition) is 3. The summed E-state index contributed by atoms with van der Waals surface area (Å²) in [6.07, 6.45) is 7.84. The number of benzene rings is 1. The zero-order valence-electron chi connectivity index (χ0n) is 15.1. The lowest BCUT2D eigenvalue weighted by molar-refractivity contribution is 0.0795. The van der Waals surface area contributed by atoms with Gasteiger partial charge in [0, 0.05) is 24.6 Å². The fourth-order valence-electron chi connectivity index (χ4n) is 3.97. The van der Waals surface area contributed by atoms with Crippen LogP contribution in [-0.2, 0) is 0 Å². The molecule has 0 atom stereocenters. The molecule has 142 valence electrons. The van der Waals surface area contributed by atoms with Gasteiger partial charge in [0.25, 0.3) is 0 Å². The van der Waals surface area contributed by atoms with E-state index in [9.17, 15) is 4.79 Å². The minimum atomic E-state index is 0. The third kappa shape index (κ3) is 6.90. The van der Waals surface area contributed by atoms with Crippen molar-refractivity contribution in [3.63, 3.8) is 0 Å². The van der Waals surface area contributed by atoms with E-state index in [1.165, 1.54) is 64.7 Å². The number of carbonyl (C=O) groups excluding carboxylic acids is 1. The first-order chi connectivity index (χ1) is 11.3. The van der Waals surface area contributed by atoms with E-state index in [1.807, 2.05) is 30.3 Å². The number of rotatable bonds is 6. The smallest absolute Gasteiger partial charge is 0.168 e. The summed E-state index contributed by atoms with van der Waals surface area (Å²) in [4.78, 5) is 18.1. The summed E-state index contributed by atoms with van der Waals surface area (Å²) in [5, 5.41) is 0. The highest BCUT2D eigenvalue weighted by atomic mass is 35.5. The second kappa shape index (κ2) is 11.9. The number of ketones is 1. The van der Waals surface area contributed by atoms with Crippen LogP contribution >= 0.6 is 24.8 Å².